The molecule has 5 nitrogen and oxygen atoms in total. The Kier molecular flexibility index (Phi) is 5.03. The number of nitrogens with two attached hydrogens (primary N) is 1. The molecular formula is C14H20N4OS. The topological polar surface area (TPSA) is 66.0 Å². The van der Waals surface area contributed by atoms with Crippen molar-refractivity contribution in [3.05, 3.63) is 36.2 Å². The van der Waals surface area contributed by atoms with Gasteiger partial charge in [0.25, 0.3) is 0 Å². The summed E-state index contributed by atoms with van der Waals surface area (Å²) in [4.78, 5) is 0. The molecule has 1 aromatic carbocycles. The highest BCUT2D eigenvalue weighted by molar-refractivity contribution is 7.99. The summed E-state index contributed by atoms with van der Waals surface area (Å²) < 4.78 is 7.10. The van der Waals surface area contributed by atoms with Crippen LogP contribution in [0.2, 0.25) is 0 Å². The van der Waals surface area contributed by atoms with Crippen molar-refractivity contribution in [1.82, 2.24) is 14.8 Å². The molecule has 1 heterocycles. The lowest BCUT2D eigenvalue weighted by atomic mass is 10.0. The normalized spacial score (nSPS) is 14.0. The van der Waals surface area contributed by atoms with E-state index >= 15 is 0 Å². The maximum absolute atomic E-state index is 6.28. The van der Waals surface area contributed by atoms with Crippen LogP contribution in [0.25, 0.3) is 0 Å². The molecule has 0 spiro atoms. The Morgan fingerprint density at radius 1 is 1.35 bits per heavy atom. The minimum atomic E-state index is 0.0603. The Bertz CT molecular complexity index is 540. The van der Waals surface area contributed by atoms with Gasteiger partial charge in [-0.25, -0.2) is 0 Å². The van der Waals surface area contributed by atoms with Crippen LogP contribution in [-0.2, 0) is 7.05 Å². The van der Waals surface area contributed by atoms with Crippen molar-refractivity contribution >= 4 is 11.8 Å². The van der Waals surface area contributed by atoms with Crippen molar-refractivity contribution < 1.29 is 4.74 Å². The third-order valence-electron chi connectivity index (χ3n) is 3.21. The molecule has 0 aliphatic rings. The average Bonchev–Trinajstić information content (AvgIpc) is 2.89. The molecule has 0 saturated heterocycles. The number of rotatable bonds is 6. The molecule has 0 fully saturated rings. The van der Waals surface area contributed by atoms with E-state index < -0.39 is 0 Å². The van der Waals surface area contributed by atoms with E-state index in [1.54, 1.807) is 25.2 Å². The number of methoxy groups -OCH3 is 1. The Balaban J connectivity index is 2.24. The number of hydrogen-bond acceptors (Lipinski definition) is 5. The number of hydrogen-bond donors (Lipinski definition) is 1. The van der Waals surface area contributed by atoms with Gasteiger partial charge >= 0.3 is 0 Å². The molecule has 2 atom stereocenters. The van der Waals surface area contributed by atoms with Gasteiger partial charge < -0.3 is 15.0 Å². The molecule has 0 aliphatic carbocycles. The van der Waals surface area contributed by atoms with E-state index in [1.807, 2.05) is 23.7 Å². The Hall–Kier alpha value is -1.53. The second-order valence-electron chi connectivity index (χ2n) is 4.61. The zero-order valence-electron chi connectivity index (χ0n) is 12.0. The van der Waals surface area contributed by atoms with Gasteiger partial charge in [-0.3, -0.25) is 0 Å². The second-order valence-corrected chi connectivity index (χ2v) is 5.72. The maximum atomic E-state index is 6.28. The first-order chi connectivity index (χ1) is 9.65. The predicted octanol–water partition coefficient (Wildman–Crippen LogP) is 2.39. The molecule has 1 aromatic heterocycles. The van der Waals surface area contributed by atoms with Crippen LogP contribution < -0.4 is 10.5 Å². The fourth-order valence-electron chi connectivity index (χ4n) is 1.90. The molecule has 2 rings (SSSR count). The van der Waals surface area contributed by atoms with Gasteiger partial charge in [0.15, 0.2) is 5.16 Å². The van der Waals surface area contributed by atoms with Crippen LogP contribution >= 0.6 is 11.8 Å². The monoisotopic (exact) mass is 292 g/mol. The van der Waals surface area contributed by atoms with Crippen molar-refractivity contribution in [3.63, 3.8) is 0 Å². The van der Waals surface area contributed by atoms with Crippen molar-refractivity contribution in [2.45, 2.75) is 29.8 Å². The summed E-state index contributed by atoms with van der Waals surface area (Å²) in [6.07, 6.45) is 2.60. The number of nitrogens with zero attached hydrogens (tertiary/aromatic N) is 3. The fourth-order valence-corrected chi connectivity index (χ4v) is 3.10. The van der Waals surface area contributed by atoms with Crippen LogP contribution in [0.1, 0.15) is 24.2 Å². The molecule has 2 N–H and O–H groups in total. The van der Waals surface area contributed by atoms with Gasteiger partial charge in [-0.1, -0.05) is 30.8 Å². The van der Waals surface area contributed by atoms with E-state index in [0.29, 0.717) is 0 Å². The highest BCUT2D eigenvalue weighted by atomic mass is 32.2. The molecule has 20 heavy (non-hydrogen) atoms. The summed E-state index contributed by atoms with van der Waals surface area (Å²) in [5.74, 6) is 0.848. The lowest BCUT2D eigenvalue weighted by Crippen LogP contribution is -2.25. The minimum Gasteiger partial charge on any atom is -0.497 e. The van der Waals surface area contributed by atoms with Gasteiger partial charge in [-0.05, 0) is 24.1 Å². The Morgan fingerprint density at radius 3 is 2.55 bits per heavy atom. The van der Waals surface area contributed by atoms with Crippen LogP contribution in [0.15, 0.2) is 35.7 Å². The van der Waals surface area contributed by atoms with E-state index in [4.69, 9.17) is 10.5 Å². The summed E-state index contributed by atoms with van der Waals surface area (Å²) in [5.41, 5.74) is 7.45. The van der Waals surface area contributed by atoms with E-state index in [9.17, 15) is 0 Å². The minimum absolute atomic E-state index is 0.0603. The standard InChI is InChI=1S/C14H20N4OS/c1-4-12(15)13(20-14-17-16-9-18(14)2)10-5-7-11(19-3)8-6-10/h5-9,12-13H,4,15H2,1-3H3. The van der Waals surface area contributed by atoms with Crippen molar-refractivity contribution in [1.29, 1.82) is 0 Å². The molecule has 0 amide bonds. The third-order valence-corrected chi connectivity index (χ3v) is 4.66. The summed E-state index contributed by atoms with van der Waals surface area (Å²) in [6, 6.07) is 8.10. The number of benzene rings is 1. The van der Waals surface area contributed by atoms with Crippen LogP contribution in [0.4, 0.5) is 0 Å². The maximum Gasteiger partial charge on any atom is 0.191 e. The van der Waals surface area contributed by atoms with Crippen LogP contribution in [-0.4, -0.2) is 27.9 Å². The van der Waals surface area contributed by atoms with Crippen molar-refractivity contribution in [3.8, 4) is 5.75 Å². The molecule has 6 heteroatoms. The van der Waals surface area contributed by atoms with E-state index in [-0.39, 0.29) is 11.3 Å². The number of ether oxygens (including phenoxy) is 1. The van der Waals surface area contributed by atoms with Gasteiger partial charge in [0.1, 0.15) is 12.1 Å². The van der Waals surface area contributed by atoms with Crippen LogP contribution in [0, 0.1) is 0 Å². The van der Waals surface area contributed by atoms with Gasteiger partial charge in [-0.15, -0.1) is 10.2 Å². The first kappa shape index (κ1) is 14.9. The lowest BCUT2D eigenvalue weighted by molar-refractivity contribution is 0.414. The summed E-state index contributed by atoms with van der Waals surface area (Å²) in [5, 5.41) is 9.06. The zero-order chi connectivity index (χ0) is 14.5. The molecule has 0 radical (unpaired) electrons. The number of aromatic nitrogens is 3. The predicted molar refractivity (Wildman–Crippen MR) is 80.9 cm³/mol. The highest BCUT2D eigenvalue weighted by Gasteiger charge is 2.22. The lowest BCUT2D eigenvalue weighted by Gasteiger charge is -2.22. The Labute approximate surface area is 123 Å². The highest BCUT2D eigenvalue weighted by Crippen LogP contribution is 2.37. The second kappa shape index (κ2) is 6.76. The van der Waals surface area contributed by atoms with Gasteiger partial charge in [0.05, 0.1) is 12.4 Å². The van der Waals surface area contributed by atoms with Gasteiger partial charge in [0, 0.05) is 13.1 Å². The van der Waals surface area contributed by atoms with Gasteiger partial charge in [-0.2, -0.15) is 0 Å². The molecule has 2 aromatic rings. The molecule has 0 bridgehead atoms. The summed E-state index contributed by atoms with van der Waals surface area (Å²) in [7, 11) is 3.60. The number of aryl methyl sites for hydroxylation is 1. The molecule has 2 unspecified atom stereocenters. The zero-order valence-corrected chi connectivity index (χ0v) is 12.8. The van der Waals surface area contributed by atoms with Crippen molar-refractivity contribution in [2.75, 3.05) is 7.11 Å². The quantitative estimate of drug-likeness (QED) is 0.828. The molecule has 0 aliphatic heterocycles. The fraction of sp³-hybridized carbons (Fsp3) is 0.429. The molecule has 108 valence electrons. The van der Waals surface area contributed by atoms with E-state index in [0.717, 1.165) is 17.3 Å². The van der Waals surface area contributed by atoms with E-state index in [2.05, 4.69) is 29.3 Å². The van der Waals surface area contributed by atoms with Gasteiger partial charge in [0.2, 0.25) is 0 Å². The number of thioether (sulfide) groups is 1. The molecular weight excluding hydrogens is 272 g/mol. The van der Waals surface area contributed by atoms with Crippen LogP contribution in [0.3, 0.4) is 0 Å². The summed E-state index contributed by atoms with van der Waals surface area (Å²) in [6.45, 7) is 2.10. The summed E-state index contributed by atoms with van der Waals surface area (Å²) >= 11 is 1.64. The van der Waals surface area contributed by atoms with E-state index in [1.165, 1.54) is 5.56 Å². The van der Waals surface area contributed by atoms with Crippen LogP contribution in [0.5, 0.6) is 5.75 Å². The average molecular weight is 292 g/mol. The first-order valence-electron chi connectivity index (χ1n) is 6.56. The largest absolute Gasteiger partial charge is 0.497 e. The third kappa shape index (κ3) is 3.32. The SMILES string of the molecule is CCC(N)C(Sc1nncn1C)c1ccc(OC)cc1. The van der Waals surface area contributed by atoms with Crippen molar-refractivity contribution in [2.24, 2.45) is 12.8 Å². The molecule has 0 saturated carbocycles. The first-order valence-corrected chi connectivity index (χ1v) is 7.43. The smallest absolute Gasteiger partial charge is 0.191 e. The Morgan fingerprint density at radius 2 is 2.05 bits per heavy atom.